The normalized spacial score (nSPS) is 12.5. The van der Waals surface area contributed by atoms with E-state index >= 15 is 0 Å². The van der Waals surface area contributed by atoms with Crippen LogP contribution in [0.15, 0.2) is 29.2 Å². The van der Waals surface area contributed by atoms with E-state index in [2.05, 4.69) is 6.92 Å². The van der Waals surface area contributed by atoms with Crippen LogP contribution in [0.2, 0.25) is 0 Å². The van der Waals surface area contributed by atoms with Crippen LogP contribution in [0.5, 0.6) is 5.75 Å². The van der Waals surface area contributed by atoms with Crippen molar-refractivity contribution in [1.82, 2.24) is 0 Å². The topological polar surface area (TPSA) is 29.5 Å². The standard InChI is InChI=1S/C11H16O2S/c1-3-10(8-12)14-11-6-4-9(13-2)5-7-11/h4-7,10,12H,3,8H2,1-2H3. The van der Waals surface area contributed by atoms with Crippen LogP contribution >= 0.6 is 11.8 Å². The summed E-state index contributed by atoms with van der Waals surface area (Å²) in [6, 6.07) is 7.91. The predicted octanol–water partition coefficient (Wildman–Crippen LogP) is 2.56. The molecule has 14 heavy (non-hydrogen) atoms. The Bertz CT molecular complexity index is 254. The van der Waals surface area contributed by atoms with E-state index in [0.717, 1.165) is 12.2 Å². The Labute approximate surface area is 89.3 Å². The first kappa shape index (κ1) is 11.4. The van der Waals surface area contributed by atoms with Crippen LogP contribution in [-0.2, 0) is 0 Å². The Kier molecular flexibility index (Phi) is 4.84. The van der Waals surface area contributed by atoms with Gasteiger partial charge in [0.25, 0.3) is 0 Å². The molecule has 0 aliphatic carbocycles. The van der Waals surface area contributed by atoms with Gasteiger partial charge >= 0.3 is 0 Å². The van der Waals surface area contributed by atoms with Crippen molar-refractivity contribution in [3.63, 3.8) is 0 Å². The van der Waals surface area contributed by atoms with E-state index in [1.807, 2.05) is 24.3 Å². The summed E-state index contributed by atoms with van der Waals surface area (Å²) in [5.41, 5.74) is 0. The molecule has 0 aliphatic heterocycles. The molecule has 1 atom stereocenters. The van der Waals surface area contributed by atoms with E-state index in [1.54, 1.807) is 18.9 Å². The molecule has 1 unspecified atom stereocenters. The third-order valence-corrected chi connectivity index (χ3v) is 3.38. The molecule has 0 spiro atoms. The molecule has 1 aromatic rings. The third-order valence-electron chi connectivity index (χ3n) is 2.02. The summed E-state index contributed by atoms with van der Waals surface area (Å²) < 4.78 is 5.07. The molecule has 1 N–H and O–H groups in total. The maximum absolute atomic E-state index is 9.04. The van der Waals surface area contributed by atoms with Crippen molar-refractivity contribution < 1.29 is 9.84 Å². The number of hydrogen-bond acceptors (Lipinski definition) is 3. The highest BCUT2D eigenvalue weighted by Gasteiger charge is 2.06. The van der Waals surface area contributed by atoms with Crippen LogP contribution in [0.1, 0.15) is 13.3 Å². The van der Waals surface area contributed by atoms with Crippen molar-refractivity contribution in [3.05, 3.63) is 24.3 Å². The maximum Gasteiger partial charge on any atom is 0.118 e. The maximum atomic E-state index is 9.04. The molecule has 0 fully saturated rings. The minimum absolute atomic E-state index is 0.229. The first-order valence-corrected chi connectivity index (χ1v) is 5.59. The van der Waals surface area contributed by atoms with Gasteiger partial charge in [0.15, 0.2) is 0 Å². The molecule has 1 rings (SSSR count). The number of hydrogen-bond donors (Lipinski definition) is 1. The Balaban J connectivity index is 2.58. The average Bonchev–Trinajstić information content (AvgIpc) is 2.26. The molecule has 3 heteroatoms. The molecule has 2 nitrogen and oxygen atoms in total. The molecule has 0 aliphatic rings. The number of aliphatic hydroxyl groups excluding tert-OH is 1. The zero-order valence-electron chi connectivity index (χ0n) is 8.56. The lowest BCUT2D eigenvalue weighted by Crippen LogP contribution is -2.05. The fourth-order valence-electron chi connectivity index (χ4n) is 1.10. The number of aliphatic hydroxyl groups is 1. The highest BCUT2D eigenvalue weighted by molar-refractivity contribution is 8.00. The van der Waals surface area contributed by atoms with Crippen molar-refractivity contribution in [2.45, 2.75) is 23.5 Å². The average molecular weight is 212 g/mol. The van der Waals surface area contributed by atoms with Crippen LogP contribution in [0.25, 0.3) is 0 Å². The number of ether oxygens (including phenoxy) is 1. The van der Waals surface area contributed by atoms with Gasteiger partial charge in [-0.25, -0.2) is 0 Å². The second-order valence-corrected chi connectivity index (χ2v) is 4.38. The minimum atomic E-state index is 0.229. The number of thioether (sulfide) groups is 1. The van der Waals surface area contributed by atoms with Gasteiger partial charge in [0.2, 0.25) is 0 Å². The van der Waals surface area contributed by atoms with E-state index in [4.69, 9.17) is 9.84 Å². The van der Waals surface area contributed by atoms with E-state index in [9.17, 15) is 0 Å². The molecule has 0 aromatic heterocycles. The lowest BCUT2D eigenvalue weighted by molar-refractivity contribution is 0.292. The van der Waals surface area contributed by atoms with Gasteiger partial charge in [0.05, 0.1) is 13.7 Å². The summed E-state index contributed by atoms with van der Waals surface area (Å²) in [6.07, 6.45) is 0.979. The molecule has 0 radical (unpaired) electrons. The second kappa shape index (κ2) is 5.94. The zero-order valence-corrected chi connectivity index (χ0v) is 9.38. The molecule has 0 saturated carbocycles. The lowest BCUT2D eigenvalue weighted by atomic mass is 10.3. The molecule has 0 bridgehead atoms. The predicted molar refractivity (Wildman–Crippen MR) is 60.0 cm³/mol. The highest BCUT2D eigenvalue weighted by atomic mass is 32.2. The molecule has 0 saturated heterocycles. The molecule has 1 aromatic carbocycles. The fraction of sp³-hybridized carbons (Fsp3) is 0.455. The second-order valence-electron chi connectivity index (χ2n) is 3.01. The number of methoxy groups -OCH3 is 1. The molecular weight excluding hydrogens is 196 g/mol. The largest absolute Gasteiger partial charge is 0.497 e. The van der Waals surface area contributed by atoms with E-state index in [1.165, 1.54) is 4.90 Å². The van der Waals surface area contributed by atoms with Gasteiger partial charge in [-0.1, -0.05) is 6.92 Å². The van der Waals surface area contributed by atoms with Gasteiger partial charge < -0.3 is 9.84 Å². The SMILES string of the molecule is CCC(CO)Sc1ccc(OC)cc1. The molecular formula is C11H16O2S. The van der Waals surface area contributed by atoms with Crippen LogP contribution in [-0.4, -0.2) is 24.1 Å². The highest BCUT2D eigenvalue weighted by Crippen LogP contribution is 2.26. The fourth-order valence-corrected chi connectivity index (χ4v) is 2.02. The smallest absolute Gasteiger partial charge is 0.118 e. The lowest BCUT2D eigenvalue weighted by Gasteiger charge is -2.10. The summed E-state index contributed by atoms with van der Waals surface area (Å²) in [6.45, 7) is 2.31. The van der Waals surface area contributed by atoms with Gasteiger partial charge in [-0.3, -0.25) is 0 Å². The van der Waals surface area contributed by atoms with Crippen molar-refractivity contribution in [1.29, 1.82) is 0 Å². The Morgan fingerprint density at radius 2 is 2.00 bits per heavy atom. The van der Waals surface area contributed by atoms with Gasteiger partial charge in [0.1, 0.15) is 5.75 Å². The first-order chi connectivity index (χ1) is 6.80. The Morgan fingerprint density at radius 1 is 1.36 bits per heavy atom. The molecule has 78 valence electrons. The number of rotatable bonds is 5. The van der Waals surface area contributed by atoms with Crippen LogP contribution in [0.4, 0.5) is 0 Å². The van der Waals surface area contributed by atoms with Crippen molar-refractivity contribution in [2.24, 2.45) is 0 Å². The summed E-state index contributed by atoms with van der Waals surface area (Å²) in [4.78, 5) is 1.17. The quantitative estimate of drug-likeness (QED) is 0.761. The minimum Gasteiger partial charge on any atom is -0.497 e. The van der Waals surface area contributed by atoms with Gasteiger partial charge in [-0.2, -0.15) is 0 Å². The Morgan fingerprint density at radius 3 is 2.43 bits per heavy atom. The summed E-state index contributed by atoms with van der Waals surface area (Å²) in [5.74, 6) is 0.867. The first-order valence-electron chi connectivity index (χ1n) is 4.71. The van der Waals surface area contributed by atoms with Crippen LogP contribution in [0.3, 0.4) is 0 Å². The van der Waals surface area contributed by atoms with Crippen LogP contribution in [0, 0.1) is 0 Å². The monoisotopic (exact) mass is 212 g/mol. The van der Waals surface area contributed by atoms with Crippen LogP contribution < -0.4 is 4.74 Å². The zero-order chi connectivity index (χ0) is 10.4. The van der Waals surface area contributed by atoms with Crippen molar-refractivity contribution in [2.75, 3.05) is 13.7 Å². The van der Waals surface area contributed by atoms with E-state index in [0.29, 0.717) is 5.25 Å². The summed E-state index contributed by atoms with van der Waals surface area (Å²) in [5, 5.41) is 9.34. The summed E-state index contributed by atoms with van der Waals surface area (Å²) in [7, 11) is 1.66. The molecule has 0 heterocycles. The van der Waals surface area contributed by atoms with E-state index in [-0.39, 0.29) is 6.61 Å². The van der Waals surface area contributed by atoms with Crippen molar-refractivity contribution >= 4 is 11.8 Å². The molecule has 0 amide bonds. The summed E-state index contributed by atoms with van der Waals surface area (Å²) >= 11 is 1.70. The van der Waals surface area contributed by atoms with E-state index < -0.39 is 0 Å². The van der Waals surface area contributed by atoms with Gasteiger partial charge in [-0.05, 0) is 30.7 Å². The Hall–Kier alpha value is -0.670. The van der Waals surface area contributed by atoms with Crippen molar-refractivity contribution in [3.8, 4) is 5.75 Å². The van der Waals surface area contributed by atoms with Gasteiger partial charge in [-0.15, -0.1) is 11.8 Å². The van der Waals surface area contributed by atoms with Gasteiger partial charge in [0, 0.05) is 10.1 Å². The number of benzene rings is 1. The third kappa shape index (κ3) is 3.24.